The number of benzene rings is 2. The van der Waals surface area contributed by atoms with Crippen molar-refractivity contribution in [1.82, 2.24) is 10.2 Å². The van der Waals surface area contributed by atoms with Crippen molar-refractivity contribution in [1.29, 1.82) is 0 Å². The number of methoxy groups -OCH3 is 5. The van der Waals surface area contributed by atoms with Crippen LogP contribution in [0.15, 0.2) is 34.7 Å². The van der Waals surface area contributed by atoms with Crippen molar-refractivity contribution in [3.8, 4) is 40.2 Å². The molecule has 0 unspecified atom stereocenters. The highest BCUT2D eigenvalue weighted by Crippen LogP contribution is 2.41. The Morgan fingerprint density at radius 3 is 2.07 bits per heavy atom. The summed E-state index contributed by atoms with van der Waals surface area (Å²) in [6.07, 6.45) is 0. The molecule has 1 aromatic heterocycles. The van der Waals surface area contributed by atoms with Crippen LogP contribution in [0.3, 0.4) is 0 Å². The van der Waals surface area contributed by atoms with Crippen molar-refractivity contribution in [2.45, 2.75) is 0 Å². The van der Waals surface area contributed by atoms with E-state index < -0.39 is 5.91 Å². The predicted octanol–water partition coefficient (Wildman–Crippen LogP) is 3.03. The van der Waals surface area contributed by atoms with Gasteiger partial charge in [0.15, 0.2) is 11.5 Å². The fourth-order valence-electron chi connectivity index (χ4n) is 2.75. The third-order valence-corrected chi connectivity index (χ3v) is 4.21. The topological polar surface area (TPSA) is 114 Å². The van der Waals surface area contributed by atoms with Crippen molar-refractivity contribution < 1.29 is 32.9 Å². The van der Waals surface area contributed by atoms with Crippen LogP contribution in [0.5, 0.6) is 28.7 Å². The van der Waals surface area contributed by atoms with Gasteiger partial charge in [0.1, 0.15) is 11.5 Å². The van der Waals surface area contributed by atoms with E-state index in [-0.39, 0.29) is 17.5 Å². The van der Waals surface area contributed by atoms with E-state index in [1.165, 1.54) is 35.5 Å². The Morgan fingerprint density at radius 2 is 1.50 bits per heavy atom. The summed E-state index contributed by atoms with van der Waals surface area (Å²) < 4.78 is 31.9. The van der Waals surface area contributed by atoms with Crippen LogP contribution in [0.1, 0.15) is 10.4 Å². The van der Waals surface area contributed by atoms with Crippen molar-refractivity contribution in [2.75, 3.05) is 40.9 Å². The number of nitrogens with zero attached hydrogens (tertiary/aromatic N) is 2. The molecule has 0 saturated heterocycles. The predicted molar refractivity (Wildman–Crippen MR) is 107 cm³/mol. The molecule has 1 heterocycles. The zero-order valence-electron chi connectivity index (χ0n) is 17.1. The van der Waals surface area contributed by atoms with Gasteiger partial charge in [0.25, 0.3) is 5.91 Å². The molecular formula is C20H21N3O7. The van der Waals surface area contributed by atoms with Gasteiger partial charge in [-0.25, -0.2) is 0 Å². The first kappa shape index (κ1) is 20.8. The van der Waals surface area contributed by atoms with Crippen molar-refractivity contribution >= 4 is 11.9 Å². The quantitative estimate of drug-likeness (QED) is 0.593. The first-order valence-corrected chi connectivity index (χ1v) is 8.71. The maximum atomic E-state index is 12.7. The number of ether oxygens (including phenoxy) is 5. The van der Waals surface area contributed by atoms with Crippen LogP contribution in [-0.2, 0) is 0 Å². The molecule has 0 fully saturated rings. The van der Waals surface area contributed by atoms with E-state index in [4.69, 9.17) is 28.1 Å². The molecule has 2 aromatic carbocycles. The summed E-state index contributed by atoms with van der Waals surface area (Å²) in [6, 6.07) is 8.09. The number of rotatable bonds is 8. The molecular weight excluding hydrogens is 394 g/mol. The summed E-state index contributed by atoms with van der Waals surface area (Å²) in [5.74, 6) is 1.82. The number of aromatic nitrogens is 2. The molecule has 0 aliphatic carbocycles. The SMILES string of the molecule is COc1ccc(OC)c(C(=O)Nc2nnc(-c3cc(OC)c(OC)c(OC)c3)o2)c1. The van der Waals surface area contributed by atoms with Crippen LogP contribution < -0.4 is 29.0 Å². The van der Waals surface area contributed by atoms with Gasteiger partial charge in [-0.2, -0.15) is 0 Å². The molecule has 1 amide bonds. The fraction of sp³-hybridized carbons (Fsp3) is 0.250. The zero-order valence-corrected chi connectivity index (χ0v) is 17.1. The minimum absolute atomic E-state index is 0.0892. The van der Waals surface area contributed by atoms with E-state index in [0.717, 1.165) is 0 Å². The monoisotopic (exact) mass is 415 g/mol. The fourth-order valence-corrected chi connectivity index (χ4v) is 2.75. The molecule has 3 aromatic rings. The lowest BCUT2D eigenvalue weighted by molar-refractivity contribution is 0.102. The molecule has 1 N–H and O–H groups in total. The van der Waals surface area contributed by atoms with Crippen LogP contribution in [0.4, 0.5) is 6.01 Å². The average molecular weight is 415 g/mol. The van der Waals surface area contributed by atoms with Gasteiger partial charge in [-0.3, -0.25) is 10.1 Å². The Balaban J connectivity index is 1.88. The summed E-state index contributed by atoms with van der Waals surface area (Å²) in [5.41, 5.74) is 0.779. The molecule has 0 spiro atoms. The van der Waals surface area contributed by atoms with Crippen molar-refractivity contribution in [3.63, 3.8) is 0 Å². The summed E-state index contributed by atoms with van der Waals surface area (Å²) in [4.78, 5) is 12.7. The number of anilines is 1. The Morgan fingerprint density at radius 1 is 0.833 bits per heavy atom. The molecule has 0 bridgehead atoms. The standard InChI is InChI=1S/C20H21N3O7/c1-25-12-6-7-14(26-2)13(10-12)18(24)21-20-23-22-19(30-20)11-8-15(27-3)17(29-5)16(9-11)28-4/h6-10H,1-5H3,(H,21,23,24). The highest BCUT2D eigenvalue weighted by Gasteiger charge is 2.20. The number of hydrogen-bond acceptors (Lipinski definition) is 9. The number of hydrogen-bond donors (Lipinski definition) is 1. The third kappa shape index (κ3) is 4.07. The maximum Gasteiger partial charge on any atom is 0.322 e. The van der Waals surface area contributed by atoms with E-state index in [0.29, 0.717) is 34.3 Å². The van der Waals surface area contributed by atoms with E-state index in [1.807, 2.05) is 0 Å². The van der Waals surface area contributed by atoms with Gasteiger partial charge >= 0.3 is 6.01 Å². The van der Waals surface area contributed by atoms with E-state index in [2.05, 4.69) is 15.5 Å². The number of nitrogens with one attached hydrogen (secondary N) is 1. The summed E-state index contributed by atoms with van der Waals surface area (Å²) in [7, 11) is 7.48. The van der Waals surface area contributed by atoms with Gasteiger partial charge < -0.3 is 28.1 Å². The first-order valence-electron chi connectivity index (χ1n) is 8.71. The molecule has 0 atom stereocenters. The third-order valence-electron chi connectivity index (χ3n) is 4.21. The highest BCUT2D eigenvalue weighted by molar-refractivity contribution is 6.05. The Kier molecular flexibility index (Phi) is 6.26. The van der Waals surface area contributed by atoms with Gasteiger partial charge in [-0.1, -0.05) is 5.10 Å². The van der Waals surface area contributed by atoms with Crippen LogP contribution in [0.2, 0.25) is 0 Å². The Hall–Kier alpha value is -3.95. The van der Waals surface area contributed by atoms with Gasteiger partial charge in [0.05, 0.1) is 41.1 Å². The average Bonchev–Trinajstić information content (AvgIpc) is 3.25. The maximum absolute atomic E-state index is 12.7. The molecule has 10 heteroatoms. The number of carbonyl (C=O) groups is 1. The molecule has 3 rings (SSSR count). The zero-order chi connectivity index (χ0) is 21.7. The second-order valence-electron chi connectivity index (χ2n) is 5.85. The molecule has 30 heavy (non-hydrogen) atoms. The largest absolute Gasteiger partial charge is 0.497 e. The second kappa shape index (κ2) is 9.03. The summed E-state index contributed by atoms with van der Waals surface area (Å²) >= 11 is 0. The summed E-state index contributed by atoms with van der Waals surface area (Å²) in [6.45, 7) is 0. The van der Waals surface area contributed by atoms with Crippen LogP contribution in [0.25, 0.3) is 11.5 Å². The van der Waals surface area contributed by atoms with Crippen molar-refractivity contribution in [3.05, 3.63) is 35.9 Å². The number of amides is 1. The lowest BCUT2D eigenvalue weighted by Crippen LogP contribution is -2.13. The lowest BCUT2D eigenvalue weighted by atomic mass is 10.1. The molecule has 10 nitrogen and oxygen atoms in total. The highest BCUT2D eigenvalue weighted by atomic mass is 16.5. The van der Waals surface area contributed by atoms with Gasteiger partial charge in [0, 0.05) is 5.56 Å². The number of carbonyl (C=O) groups excluding carboxylic acids is 1. The van der Waals surface area contributed by atoms with Crippen LogP contribution >= 0.6 is 0 Å². The molecule has 0 saturated carbocycles. The van der Waals surface area contributed by atoms with E-state index in [9.17, 15) is 4.79 Å². The smallest absolute Gasteiger partial charge is 0.322 e. The van der Waals surface area contributed by atoms with Crippen LogP contribution in [-0.4, -0.2) is 51.7 Å². The van der Waals surface area contributed by atoms with Gasteiger partial charge in [0.2, 0.25) is 11.6 Å². The van der Waals surface area contributed by atoms with Crippen LogP contribution in [0, 0.1) is 0 Å². The van der Waals surface area contributed by atoms with E-state index in [1.54, 1.807) is 30.3 Å². The molecule has 0 aliphatic heterocycles. The Bertz CT molecular complexity index is 1020. The van der Waals surface area contributed by atoms with Crippen molar-refractivity contribution in [2.24, 2.45) is 0 Å². The minimum atomic E-state index is -0.495. The second-order valence-corrected chi connectivity index (χ2v) is 5.85. The van der Waals surface area contributed by atoms with E-state index >= 15 is 0 Å². The molecule has 0 aliphatic rings. The van der Waals surface area contributed by atoms with Gasteiger partial charge in [-0.05, 0) is 30.3 Å². The minimum Gasteiger partial charge on any atom is -0.497 e. The first-order chi connectivity index (χ1) is 14.5. The summed E-state index contributed by atoms with van der Waals surface area (Å²) in [5, 5.41) is 10.4. The Labute approximate surface area is 172 Å². The lowest BCUT2D eigenvalue weighted by Gasteiger charge is -2.12. The molecule has 158 valence electrons. The molecule has 0 radical (unpaired) electrons. The normalized spacial score (nSPS) is 10.3. The van der Waals surface area contributed by atoms with Gasteiger partial charge in [-0.15, -0.1) is 5.10 Å².